The van der Waals surface area contributed by atoms with E-state index in [1.165, 1.54) is 38.4 Å². The lowest BCUT2D eigenvalue weighted by Gasteiger charge is -2.41. The number of benzene rings is 3. The van der Waals surface area contributed by atoms with Crippen LogP contribution in [0.2, 0.25) is 10.0 Å². The van der Waals surface area contributed by atoms with Crippen molar-refractivity contribution in [3.05, 3.63) is 100 Å². The molecule has 244 valence electrons. The predicted octanol–water partition coefficient (Wildman–Crippen LogP) is 7.01. The number of rotatable bonds is 11. The molecule has 0 bridgehead atoms. The van der Waals surface area contributed by atoms with Crippen LogP contribution in [0.4, 0.5) is 15.9 Å². The van der Waals surface area contributed by atoms with Gasteiger partial charge in [0.05, 0.1) is 31.5 Å². The summed E-state index contributed by atoms with van der Waals surface area (Å²) in [5.74, 6) is 0.359. The molecule has 0 aliphatic heterocycles. The van der Waals surface area contributed by atoms with Gasteiger partial charge in [0.25, 0.3) is 10.0 Å². The van der Waals surface area contributed by atoms with E-state index >= 15 is 4.39 Å². The molecular weight excluding hydrogens is 652 g/mol. The number of ether oxygens (including phenoxy) is 2. The zero-order valence-corrected chi connectivity index (χ0v) is 28.3. The minimum Gasteiger partial charge on any atom is -0.497 e. The van der Waals surface area contributed by atoms with E-state index in [1.54, 1.807) is 18.2 Å². The van der Waals surface area contributed by atoms with Crippen LogP contribution in [0.1, 0.15) is 36.3 Å². The van der Waals surface area contributed by atoms with Crippen molar-refractivity contribution in [2.24, 2.45) is 0 Å². The van der Waals surface area contributed by atoms with Gasteiger partial charge in [-0.3, -0.25) is 0 Å². The second-order valence-corrected chi connectivity index (χ2v) is 14.0. The summed E-state index contributed by atoms with van der Waals surface area (Å²) in [6, 6.07) is 16.7. The lowest BCUT2D eigenvalue weighted by Crippen LogP contribution is -2.47. The van der Waals surface area contributed by atoms with Crippen LogP contribution in [0.5, 0.6) is 11.5 Å². The third kappa shape index (κ3) is 7.33. The molecule has 1 aromatic heterocycles. The third-order valence-corrected chi connectivity index (χ3v) is 10.7. The molecule has 0 spiro atoms. The first-order chi connectivity index (χ1) is 22.0. The van der Waals surface area contributed by atoms with E-state index in [9.17, 15) is 8.42 Å². The Morgan fingerprint density at radius 1 is 1.02 bits per heavy atom. The summed E-state index contributed by atoms with van der Waals surface area (Å²) in [5.41, 5.74) is 2.02. The van der Waals surface area contributed by atoms with Gasteiger partial charge in [-0.15, -0.1) is 0 Å². The van der Waals surface area contributed by atoms with Gasteiger partial charge in [-0.25, -0.2) is 27.1 Å². The fourth-order valence-electron chi connectivity index (χ4n) is 5.96. The van der Waals surface area contributed by atoms with Crippen LogP contribution in [-0.4, -0.2) is 63.7 Å². The molecule has 1 fully saturated rings. The number of halogens is 3. The molecule has 1 N–H and O–H groups in total. The van der Waals surface area contributed by atoms with Crippen molar-refractivity contribution >= 4 is 44.7 Å². The minimum absolute atomic E-state index is 0.0511. The van der Waals surface area contributed by atoms with Gasteiger partial charge < -0.3 is 19.7 Å². The molecule has 1 heterocycles. The number of hydrogen-bond donors (Lipinski definition) is 1. The van der Waals surface area contributed by atoms with Crippen molar-refractivity contribution in [2.75, 3.05) is 37.9 Å². The number of aromatic nitrogens is 2. The molecule has 1 unspecified atom stereocenters. The Labute approximate surface area is 279 Å². The van der Waals surface area contributed by atoms with Crippen LogP contribution < -0.4 is 19.1 Å². The smallest absolute Gasteiger partial charge is 0.268 e. The first kappa shape index (κ1) is 33.7. The predicted molar refractivity (Wildman–Crippen MR) is 179 cm³/mol. The third-order valence-electron chi connectivity index (χ3n) is 8.36. The van der Waals surface area contributed by atoms with Crippen LogP contribution in [-0.2, 0) is 16.6 Å². The zero-order valence-electron chi connectivity index (χ0n) is 26.0. The first-order valence-corrected chi connectivity index (χ1v) is 16.9. The highest BCUT2D eigenvalue weighted by molar-refractivity contribution is 7.92. The van der Waals surface area contributed by atoms with Gasteiger partial charge >= 0.3 is 0 Å². The Morgan fingerprint density at radius 2 is 1.83 bits per heavy atom. The highest BCUT2D eigenvalue weighted by atomic mass is 35.5. The second kappa shape index (κ2) is 14.4. The second-order valence-electron chi connectivity index (χ2n) is 11.4. The highest BCUT2D eigenvalue weighted by Gasteiger charge is 2.35. The molecule has 0 saturated heterocycles. The topological polar surface area (TPSA) is 96.9 Å². The van der Waals surface area contributed by atoms with E-state index in [2.05, 4.69) is 26.3 Å². The van der Waals surface area contributed by atoms with Gasteiger partial charge in [-0.1, -0.05) is 35.3 Å². The van der Waals surface area contributed by atoms with Crippen molar-refractivity contribution < 1.29 is 22.3 Å². The number of methoxy groups -OCH3 is 2. The summed E-state index contributed by atoms with van der Waals surface area (Å²) in [6.45, 7) is -0.204. The van der Waals surface area contributed by atoms with Crippen molar-refractivity contribution in [3.8, 4) is 11.5 Å². The molecule has 13 heteroatoms. The van der Waals surface area contributed by atoms with E-state index in [1.807, 2.05) is 32.3 Å². The summed E-state index contributed by atoms with van der Waals surface area (Å²) in [7, 11) is 2.50. The van der Waals surface area contributed by atoms with E-state index < -0.39 is 20.7 Å². The van der Waals surface area contributed by atoms with Gasteiger partial charge in [0.1, 0.15) is 34.4 Å². The Morgan fingerprint density at radius 3 is 2.50 bits per heavy atom. The molecule has 5 rings (SSSR count). The molecule has 0 radical (unpaired) electrons. The summed E-state index contributed by atoms with van der Waals surface area (Å²) >= 11 is 12.9. The molecule has 1 aliphatic carbocycles. The van der Waals surface area contributed by atoms with E-state index in [0.717, 1.165) is 35.7 Å². The number of anilines is 2. The fraction of sp³-hybridized carbons (Fsp3) is 0.333. The maximum atomic E-state index is 15.9. The van der Waals surface area contributed by atoms with Crippen molar-refractivity contribution in [3.63, 3.8) is 0 Å². The normalized spacial score (nSPS) is 18.3. The van der Waals surface area contributed by atoms with E-state index in [0.29, 0.717) is 33.7 Å². The maximum Gasteiger partial charge on any atom is 0.268 e. The van der Waals surface area contributed by atoms with Crippen molar-refractivity contribution in [2.45, 2.75) is 48.7 Å². The van der Waals surface area contributed by atoms with Gasteiger partial charge in [0, 0.05) is 41.0 Å². The highest BCUT2D eigenvalue weighted by Crippen LogP contribution is 2.39. The molecular formula is C33H36Cl2FN5O4S. The number of sulfonamides is 1. The van der Waals surface area contributed by atoms with Gasteiger partial charge in [-0.2, -0.15) is 0 Å². The standard InChI is InChI=1S/C33H36Cl2FN5O4S/c1-40(2)30-15-22(21-6-5-7-24(34)14-21)9-11-28(30)39-29-18-27(36)32(17-26(29)35)46(42,43)41(33-12-13-37-20-38-33)19-23-8-10-25(44-3)16-31(23)45-4/h5-8,10,12-14,16-18,20,22,28,30,39H,9,11,15,19H2,1-4H3/t22?,28-,30-/m0/s1. The SMILES string of the molecule is COc1ccc(CN(c2ccncn2)S(=O)(=O)c2cc(Cl)c(N[C@H]3CCC(c4cccc(Cl)c4)C[C@@H]3N(C)C)cc2F)c(OC)c1. The van der Waals surface area contributed by atoms with Crippen LogP contribution in [0, 0.1) is 5.82 Å². The summed E-state index contributed by atoms with van der Waals surface area (Å²) in [6.07, 6.45) is 5.19. The van der Waals surface area contributed by atoms with Gasteiger partial charge in [-0.05, 0) is 81.2 Å². The Hall–Kier alpha value is -3.64. The fourth-order valence-corrected chi connectivity index (χ4v) is 7.92. The van der Waals surface area contributed by atoms with E-state index in [4.69, 9.17) is 32.7 Å². The summed E-state index contributed by atoms with van der Waals surface area (Å²) in [4.78, 5) is 9.62. The molecule has 1 aliphatic rings. The zero-order chi connectivity index (χ0) is 33.0. The molecule has 4 aromatic rings. The van der Waals surface area contributed by atoms with Crippen molar-refractivity contribution in [1.82, 2.24) is 14.9 Å². The van der Waals surface area contributed by atoms with Gasteiger partial charge in [0.2, 0.25) is 0 Å². The molecule has 46 heavy (non-hydrogen) atoms. The average Bonchev–Trinajstić information content (AvgIpc) is 3.05. The maximum absolute atomic E-state index is 15.9. The van der Waals surface area contributed by atoms with E-state index in [-0.39, 0.29) is 29.5 Å². The average molecular weight is 689 g/mol. The Balaban J connectivity index is 1.43. The number of nitrogens with one attached hydrogen (secondary N) is 1. The molecule has 0 amide bonds. The monoisotopic (exact) mass is 687 g/mol. The quantitative estimate of drug-likeness (QED) is 0.180. The number of nitrogens with zero attached hydrogens (tertiary/aromatic N) is 4. The lowest BCUT2D eigenvalue weighted by atomic mass is 9.78. The lowest BCUT2D eigenvalue weighted by molar-refractivity contribution is 0.196. The molecule has 3 atom stereocenters. The van der Waals surface area contributed by atoms with Gasteiger partial charge in [0.15, 0.2) is 0 Å². The first-order valence-electron chi connectivity index (χ1n) is 14.7. The Bertz CT molecular complexity index is 1780. The summed E-state index contributed by atoms with van der Waals surface area (Å²) in [5, 5.41) is 4.20. The van der Waals surface area contributed by atoms with Crippen molar-refractivity contribution in [1.29, 1.82) is 0 Å². The largest absolute Gasteiger partial charge is 0.497 e. The number of hydrogen-bond acceptors (Lipinski definition) is 8. The van der Waals surface area contributed by atoms with Crippen LogP contribution in [0.3, 0.4) is 0 Å². The van der Waals surface area contributed by atoms with Crippen LogP contribution >= 0.6 is 23.2 Å². The van der Waals surface area contributed by atoms with Crippen LogP contribution in [0.25, 0.3) is 0 Å². The molecule has 3 aromatic carbocycles. The molecule has 9 nitrogen and oxygen atoms in total. The molecule has 1 saturated carbocycles. The minimum atomic E-state index is -4.51. The Kier molecular flexibility index (Phi) is 10.6. The number of likely N-dealkylation sites (N-methyl/N-ethyl adjacent to an activating group) is 1. The van der Waals surface area contributed by atoms with Crippen LogP contribution in [0.15, 0.2) is 78.1 Å². The summed E-state index contributed by atoms with van der Waals surface area (Å²) < 4.78 is 55.9.